The predicted octanol–water partition coefficient (Wildman–Crippen LogP) is 1.43. The highest BCUT2D eigenvalue weighted by molar-refractivity contribution is 8.03. The van der Waals surface area contributed by atoms with Gasteiger partial charge in [0.05, 0.1) is 29.7 Å². The number of aliphatic hydroxyl groups excluding tert-OH is 1. The van der Waals surface area contributed by atoms with Crippen molar-refractivity contribution in [3.8, 4) is 0 Å². The fourth-order valence-electron chi connectivity index (χ4n) is 5.33. The molecule has 11 heteroatoms. The van der Waals surface area contributed by atoms with Gasteiger partial charge in [0.1, 0.15) is 18.9 Å². The maximum Gasteiger partial charge on any atom is 0.356 e. The number of hydrogen-bond acceptors (Lipinski definition) is 9. The van der Waals surface area contributed by atoms with Crippen molar-refractivity contribution in [1.82, 2.24) is 10.2 Å². The van der Waals surface area contributed by atoms with Crippen LogP contribution in [0.4, 0.5) is 5.69 Å². The summed E-state index contributed by atoms with van der Waals surface area (Å²) < 4.78 is 10.7. The number of fused-ring (bicyclic) bond motifs is 6. The highest BCUT2D eigenvalue weighted by Crippen LogP contribution is 2.52. The van der Waals surface area contributed by atoms with Crippen LogP contribution in [-0.4, -0.2) is 77.0 Å². The molecular weight excluding hydrogens is 498 g/mol. The molecule has 0 unspecified atom stereocenters. The van der Waals surface area contributed by atoms with E-state index < -0.39 is 30.0 Å². The largest absolute Gasteiger partial charge is 0.458 e. The number of carbonyl (C=O) groups excluding carboxylic acids is 4. The van der Waals surface area contributed by atoms with E-state index in [2.05, 4.69) is 10.6 Å². The van der Waals surface area contributed by atoms with Crippen LogP contribution in [0, 0.1) is 11.8 Å². The van der Waals surface area contributed by atoms with Crippen LogP contribution in [0.15, 0.2) is 47.0 Å². The van der Waals surface area contributed by atoms with Gasteiger partial charge in [-0.2, -0.15) is 0 Å². The number of β-lactam (4-membered cyclic amide) rings is 1. The summed E-state index contributed by atoms with van der Waals surface area (Å²) in [6, 6.07) is 5.78. The van der Waals surface area contributed by atoms with E-state index in [0.29, 0.717) is 24.2 Å². The molecule has 1 aromatic carbocycles. The molecule has 1 aromatic rings. The Balaban J connectivity index is 1.42. The van der Waals surface area contributed by atoms with E-state index in [0.717, 1.165) is 4.91 Å². The Labute approximate surface area is 218 Å². The molecule has 0 aromatic heterocycles. The van der Waals surface area contributed by atoms with Crippen LogP contribution < -0.4 is 10.6 Å². The average Bonchev–Trinajstić information content (AvgIpc) is 3.42. The molecule has 0 saturated carbocycles. The number of ether oxygens (including phenoxy) is 2. The van der Waals surface area contributed by atoms with Gasteiger partial charge in [0.2, 0.25) is 11.8 Å². The summed E-state index contributed by atoms with van der Waals surface area (Å²) in [7, 11) is 0. The third-order valence-electron chi connectivity index (χ3n) is 7.16. The summed E-state index contributed by atoms with van der Waals surface area (Å²) in [4.78, 5) is 53.6. The molecule has 6 atom stereocenters. The van der Waals surface area contributed by atoms with Gasteiger partial charge >= 0.3 is 11.9 Å². The summed E-state index contributed by atoms with van der Waals surface area (Å²) in [6.07, 6.45) is 2.82. The molecule has 4 heterocycles. The molecule has 4 aliphatic heterocycles. The number of nitrogens with zero attached hydrogens (tertiary/aromatic N) is 1. The van der Waals surface area contributed by atoms with Crippen LogP contribution in [0.1, 0.15) is 30.6 Å². The van der Waals surface area contributed by atoms with E-state index in [4.69, 9.17) is 9.47 Å². The number of aliphatic hydroxyl groups is 1. The Morgan fingerprint density at radius 2 is 1.84 bits per heavy atom. The number of carbonyl (C=O) groups is 4. The molecule has 0 spiro atoms. The van der Waals surface area contributed by atoms with Crippen molar-refractivity contribution in [2.24, 2.45) is 11.8 Å². The van der Waals surface area contributed by atoms with E-state index >= 15 is 0 Å². The minimum absolute atomic E-state index is 0.0157. The zero-order chi connectivity index (χ0) is 26.3. The van der Waals surface area contributed by atoms with E-state index in [1.807, 2.05) is 6.92 Å². The number of nitrogens with one attached hydrogen (secondary N) is 2. The van der Waals surface area contributed by atoms with Crippen molar-refractivity contribution in [1.29, 1.82) is 0 Å². The zero-order valence-electron chi connectivity index (χ0n) is 20.5. The van der Waals surface area contributed by atoms with Crippen LogP contribution >= 0.6 is 11.8 Å². The second-order valence-electron chi connectivity index (χ2n) is 9.64. The number of amides is 2. The Bertz CT molecular complexity index is 1200. The first-order chi connectivity index (χ1) is 17.8. The van der Waals surface area contributed by atoms with Gasteiger partial charge in [0.25, 0.3) is 0 Å². The zero-order valence-corrected chi connectivity index (χ0v) is 21.3. The first-order valence-electron chi connectivity index (χ1n) is 12.3. The highest BCUT2D eigenvalue weighted by atomic mass is 32.2. The molecule has 2 saturated heterocycles. The van der Waals surface area contributed by atoms with E-state index in [-0.39, 0.29) is 47.9 Å². The second-order valence-corrected chi connectivity index (χ2v) is 11.0. The summed E-state index contributed by atoms with van der Waals surface area (Å²) in [5.74, 6) is -2.42. The molecule has 37 heavy (non-hydrogen) atoms. The van der Waals surface area contributed by atoms with Crippen LogP contribution in [0.5, 0.6) is 0 Å². The van der Waals surface area contributed by atoms with Gasteiger partial charge in [-0.1, -0.05) is 13.0 Å². The van der Waals surface area contributed by atoms with Crippen molar-refractivity contribution < 1.29 is 33.8 Å². The molecule has 196 valence electrons. The third kappa shape index (κ3) is 4.78. The standard InChI is InChI=1S/C26H29N3O7S/c1-13-20-19(14(2)30)24(32)29(20)21-22(13)37-17-11-18(27-12-17)23(31)28-16-7-5-6-15(10-16)25(33)35-8-3-4-9-36-26(21)34/h3-7,10,13-14,17-20,27,30H,8-9,11-12H2,1-2H3,(H,28,31)/b4-3-/t13-,14-,17+,18+,19-,20-/m1/s1. The number of esters is 2. The van der Waals surface area contributed by atoms with Gasteiger partial charge < -0.3 is 30.1 Å². The monoisotopic (exact) mass is 527 g/mol. The van der Waals surface area contributed by atoms with E-state index in [1.165, 1.54) is 16.7 Å². The smallest absolute Gasteiger partial charge is 0.356 e. The number of thioether (sulfide) groups is 1. The van der Waals surface area contributed by atoms with Gasteiger partial charge in [0.15, 0.2) is 0 Å². The first kappa shape index (κ1) is 25.5. The van der Waals surface area contributed by atoms with Crippen LogP contribution in [0.3, 0.4) is 0 Å². The fraction of sp³-hybridized carbons (Fsp3) is 0.462. The Kier molecular flexibility index (Phi) is 7.11. The van der Waals surface area contributed by atoms with E-state index in [1.54, 1.807) is 43.3 Å². The van der Waals surface area contributed by atoms with Crippen LogP contribution in [-0.2, 0) is 23.9 Å². The van der Waals surface area contributed by atoms with Crippen LogP contribution in [0.25, 0.3) is 0 Å². The molecular formula is C26H29N3O7S. The quantitative estimate of drug-likeness (QED) is 0.282. The van der Waals surface area contributed by atoms with Crippen molar-refractivity contribution in [2.45, 2.75) is 43.7 Å². The number of hydrogen-bond donors (Lipinski definition) is 3. The highest BCUT2D eigenvalue weighted by Gasteiger charge is 2.60. The Morgan fingerprint density at radius 1 is 1.11 bits per heavy atom. The third-order valence-corrected chi connectivity index (χ3v) is 8.67. The molecule has 10 nitrogen and oxygen atoms in total. The lowest BCUT2D eigenvalue weighted by atomic mass is 9.79. The van der Waals surface area contributed by atoms with Gasteiger partial charge in [-0.25, -0.2) is 9.59 Å². The summed E-state index contributed by atoms with van der Waals surface area (Å²) in [5, 5.41) is 16.2. The van der Waals surface area contributed by atoms with Gasteiger partial charge in [0, 0.05) is 28.3 Å². The number of benzene rings is 1. The lowest BCUT2D eigenvalue weighted by Crippen LogP contribution is -2.63. The van der Waals surface area contributed by atoms with Gasteiger partial charge in [-0.3, -0.25) is 9.59 Å². The maximum absolute atomic E-state index is 13.2. The lowest BCUT2D eigenvalue weighted by molar-refractivity contribution is -0.164. The van der Waals surface area contributed by atoms with Crippen molar-refractivity contribution >= 4 is 41.2 Å². The number of cyclic esters (lactones) is 2. The summed E-state index contributed by atoms with van der Waals surface area (Å²) in [6.45, 7) is 3.99. The fourth-order valence-corrected chi connectivity index (χ4v) is 6.80. The summed E-state index contributed by atoms with van der Waals surface area (Å²) >= 11 is 1.48. The Morgan fingerprint density at radius 3 is 2.57 bits per heavy atom. The normalized spacial score (nSPS) is 32.1. The molecule has 0 aliphatic carbocycles. The second kappa shape index (κ2) is 10.3. The molecule has 2 amide bonds. The van der Waals surface area contributed by atoms with Gasteiger partial charge in [-0.05, 0) is 43.7 Å². The van der Waals surface area contributed by atoms with E-state index in [9.17, 15) is 24.3 Å². The van der Waals surface area contributed by atoms with Crippen molar-refractivity contribution in [3.63, 3.8) is 0 Å². The molecule has 0 radical (unpaired) electrons. The SMILES string of the molecule is C[C@@H](O)[C@H]1C(=O)N2C3=C(S[C@@H]4CN[C@@H](C4)C(=O)Nc4cccc(c4)C(=O)OC/C=C\COC3=O)[C@H](C)[C@H]12. The maximum atomic E-state index is 13.2. The molecule has 3 N–H and O–H groups in total. The minimum atomic E-state index is -0.832. The Hall–Kier alpha value is -3.15. The number of anilines is 1. The molecule has 4 aliphatic rings. The molecule has 5 rings (SSSR count). The minimum Gasteiger partial charge on any atom is -0.458 e. The number of rotatable bonds is 1. The van der Waals surface area contributed by atoms with Crippen LogP contribution in [0.2, 0.25) is 0 Å². The lowest BCUT2D eigenvalue weighted by Gasteiger charge is -2.46. The summed E-state index contributed by atoms with van der Waals surface area (Å²) in [5.41, 5.74) is 1.01. The van der Waals surface area contributed by atoms with Crippen molar-refractivity contribution in [3.05, 3.63) is 52.6 Å². The van der Waals surface area contributed by atoms with Gasteiger partial charge in [-0.15, -0.1) is 11.8 Å². The average molecular weight is 528 g/mol. The molecule has 4 bridgehead atoms. The topological polar surface area (TPSA) is 134 Å². The first-order valence-corrected chi connectivity index (χ1v) is 13.2. The van der Waals surface area contributed by atoms with Crippen molar-refractivity contribution in [2.75, 3.05) is 25.1 Å². The molecule has 2 fully saturated rings. The predicted molar refractivity (Wildman–Crippen MR) is 135 cm³/mol.